The zero-order valence-corrected chi connectivity index (χ0v) is 26.5. The molecule has 5 heteroatoms. The number of carbonyl (C=O) groups is 1. The van der Waals surface area contributed by atoms with Gasteiger partial charge in [-0.1, -0.05) is 81.4 Å². The van der Waals surface area contributed by atoms with E-state index in [0.29, 0.717) is 0 Å². The number of ketones is 1. The van der Waals surface area contributed by atoms with E-state index in [1.54, 1.807) is 6.20 Å². The summed E-state index contributed by atoms with van der Waals surface area (Å²) in [7, 11) is 0. The van der Waals surface area contributed by atoms with E-state index >= 15 is 0 Å². The second-order valence-electron chi connectivity index (χ2n) is 11.9. The fourth-order valence-electron chi connectivity index (χ4n) is 3.53. The maximum Gasteiger partial charge on any atom is 0.164 e. The fraction of sp³-hybridized carbons (Fsp3) is 0.469. The van der Waals surface area contributed by atoms with Crippen LogP contribution in [0.3, 0.4) is 0 Å². The molecule has 3 rings (SSSR count). The molecule has 203 valence electrons. The van der Waals surface area contributed by atoms with Gasteiger partial charge in [-0.05, 0) is 30.0 Å². The minimum absolute atomic E-state index is 0. The number of aromatic nitrogens is 2. The number of rotatable bonds is 5. The molecule has 2 heterocycles. The maximum atomic E-state index is 11.5. The SMILES string of the molecule is CC(C)(C)C(=O)/C=C(\O)C(C)(C)C.CCC(C)(CC)c1cc(C)[c-]c(-c2ccc3ccncc3n2)c1.[Ir]. The Kier molecular flexibility index (Phi) is 11.4. The molecule has 1 N–H and O–H groups in total. The van der Waals surface area contributed by atoms with Crippen LogP contribution < -0.4 is 0 Å². The van der Waals surface area contributed by atoms with Gasteiger partial charge in [-0.15, -0.1) is 34.9 Å². The third-order valence-electron chi connectivity index (χ3n) is 6.81. The Hall–Kier alpha value is -2.36. The summed E-state index contributed by atoms with van der Waals surface area (Å²) < 4.78 is 0. The van der Waals surface area contributed by atoms with Crippen molar-refractivity contribution in [1.82, 2.24) is 9.97 Å². The molecule has 0 aliphatic heterocycles. The molecule has 1 aromatic carbocycles. The van der Waals surface area contributed by atoms with E-state index in [4.69, 9.17) is 4.98 Å². The van der Waals surface area contributed by atoms with E-state index in [1.807, 2.05) is 53.8 Å². The van der Waals surface area contributed by atoms with Crippen LogP contribution >= 0.6 is 0 Å². The van der Waals surface area contributed by atoms with Crippen molar-refractivity contribution in [3.05, 3.63) is 71.8 Å². The summed E-state index contributed by atoms with van der Waals surface area (Å²) in [5, 5.41) is 10.7. The van der Waals surface area contributed by atoms with Crippen molar-refractivity contribution in [3.8, 4) is 11.3 Å². The molecule has 0 atom stereocenters. The number of aliphatic hydroxyl groups is 1. The molecule has 2 aromatic heterocycles. The summed E-state index contributed by atoms with van der Waals surface area (Å²) in [5.41, 5.74) is 4.94. The number of allylic oxidation sites excluding steroid dienone is 2. The van der Waals surface area contributed by atoms with E-state index in [2.05, 4.69) is 63.0 Å². The van der Waals surface area contributed by atoms with E-state index in [0.717, 1.165) is 35.0 Å². The van der Waals surface area contributed by atoms with Gasteiger partial charge in [0.2, 0.25) is 0 Å². The Labute approximate surface area is 237 Å². The second kappa shape index (κ2) is 12.9. The van der Waals surface area contributed by atoms with E-state index in [1.165, 1.54) is 17.2 Å². The number of hydrogen-bond donors (Lipinski definition) is 1. The number of aryl methyl sites for hydroxylation is 1. The predicted molar refractivity (Wildman–Crippen MR) is 151 cm³/mol. The molecule has 0 saturated heterocycles. The van der Waals surface area contributed by atoms with Crippen LogP contribution in [0.5, 0.6) is 0 Å². The van der Waals surface area contributed by atoms with E-state index in [-0.39, 0.29) is 42.5 Å². The van der Waals surface area contributed by atoms with Crippen LogP contribution in [-0.2, 0) is 30.3 Å². The molecule has 0 fully saturated rings. The number of carbonyl (C=O) groups excluding carboxylic acids is 1. The van der Waals surface area contributed by atoms with E-state index in [9.17, 15) is 9.90 Å². The fourth-order valence-corrected chi connectivity index (χ4v) is 3.53. The quantitative estimate of drug-likeness (QED) is 0.167. The average molecular weight is 680 g/mol. The molecule has 0 aliphatic carbocycles. The van der Waals surface area contributed by atoms with Crippen LogP contribution in [-0.4, -0.2) is 20.9 Å². The number of pyridine rings is 2. The molecule has 0 unspecified atom stereocenters. The molecule has 1 radical (unpaired) electrons. The normalized spacial score (nSPS) is 12.4. The van der Waals surface area contributed by atoms with Crippen molar-refractivity contribution < 1.29 is 30.0 Å². The number of nitrogens with zero attached hydrogens (tertiary/aromatic N) is 2. The van der Waals surface area contributed by atoms with Gasteiger partial charge >= 0.3 is 0 Å². The molecule has 0 spiro atoms. The number of fused-ring (bicyclic) bond motifs is 1. The van der Waals surface area contributed by atoms with Crippen molar-refractivity contribution in [3.63, 3.8) is 0 Å². The van der Waals surface area contributed by atoms with Crippen molar-refractivity contribution in [2.45, 2.75) is 87.5 Å². The Bertz CT molecular complexity index is 1230. The topological polar surface area (TPSA) is 63.1 Å². The van der Waals surface area contributed by atoms with Crippen molar-refractivity contribution in [2.75, 3.05) is 0 Å². The third kappa shape index (κ3) is 8.86. The largest absolute Gasteiger partial charge is 0.512 e. The van der Waals surface area contributed by atoms with Gasteiger partial charge in [0.15, 0.2) is 5.78 Å². The number of aliphatic hydroxyl groups excluding tert-OH is 1. The standard InChI is InChI=1S/C21H23N2.C11H20O2.Ir/c1-5-21(4,6-2)18-12-15(3)11-17(13-18)19-8-7-16-9-10-22-14-20(16)23-19;1-10(2,3)8(12)7-9(13)11(4,5)6;/h7-10,12-14H,5-6H2,1-4H3;7,12H,1-6H3;/q-1;;/b;8-7-;. The first kappa shape index (κ1) is 32.7. The predicted octanol–water partition coefficient (Wildman–Crippen LogP) is 8.57. The molecular weight excluding hydrogens is 637 g/mol. The Morgan fingerprint density at radius 2 is 1.59 bits per heavy atom. The van der Waals surface area contributed by atoms with Gasteiger partial charge in [0.05, 0.1) is 11.7 Å². The van der Waals surface area contributed by atoms with E-state index < -0.39 is 5.41 Å². The average Bonchev–Trinajstić information content (AvgIpc) is 2.82. The Morgan fingerprint density at radius 3 is 2.14 bits per heavy atom. The van der Waals surface area contributed by atoms with Crippen molar-refractivity contribution >= 4 is 16.7 Å². The van der Waals surface area contributed by atoms with Crippen LogP contribution in [0.1, 0.15) is 86.3 Å². The van der Waals surface area contributed by atoms with Crippen molar-refractivity contribution in [1.29, 1.82) is 0 Å². The summed E-state index contributed by atoms with van der Waals surface area (Å²) in [6.45, 7) is 20.1. The molecule has 0 aliphatic rings. The summed E-state index contributed by atoms with van der Waals surface area (Å²) in [4.78, 5) is 20.4. The van der Waals surface area contributed by atoms with Gasteiger partial charge in [0.25, 0.3) is 0 Å². The molecular formula is C32H43IrN2O2-. The van der Waals surface area contributed by atoms with Gasteiger partial charge in [-0.3, -0.25) is 14.8 Å². The summed E-state index contributed by atoms with van der Waals surface area (Å²) in [6.07, 6.45) is 7.20. The van der Waals surface area contributed by atoms with Gasteiger partial charge in [-0.2, -0.15) is 0 Å². The zero-order valence-electron chi connectivity index (χ0n) is 24.1. The molecule has 37 heavy (non-hydrogen) atoms. The first-order chi connectivity index (χ1) is 16.6. The molecule has 0 bridgehead atoms. The monoisotopic (exact) mass is 680 g/mol. The molecule has 3 aromatic rings. The number of hydrogen-bond acceptors (Lipinski definition) is 4. The van der Waals surface area contributed by atoms with Gasteiger partial charge in [-0.25, -0.2) is 0 Å². The minimum Gasteiger partial charge on any atom is -0.512 e. The van der Waals surface area contributed by atoms with Crippen LogP contribution in [0.15, 0.2) is 54.6 Å². The first-order valence-corrected chi connectivity index (χ1v) is 12.8. The first-order valence-electron chi connectivity index (χ1n) is 12.8. The van der Waals surface area contributed by atoms with Crippen LogP contribution in [0.2, 0.25) is 0 Å². The summed E-state index contributed by atoms with van der Waals surface area (Å²) in [5.74, 6) is 0.104. The molecule has 0 amide bonds. The Morgan fingerprint density at radius 1 is 0.973 bits per heavy atom. The minimum atomic E-state index is -0.417. The smallest absolute Gasteiger partial charge is 0.164 e. The van der Waals surface area contributed by atoms with Crippen LogP contribution in [0.25, 0.3) is 22.2 Å². The molecule has 0 saturated carbocycles. The molecule has 4 nitrogen and oxygen atoms in total. The second-order valence-corrected chi connectivity index (χ2v) is 11.9. The summed E-state index contributed by atoms with van der Waals surface area (Å²) >= 11 is 0. The third-order valence-corrected chi connectivity index (χ3v) is 6.81. The van der Waals surface area contributed by atoms with Gasteiger partial charge in [0, 0.05) is 48.6 Å². The summed E-state index contributed by atoms with van der Waals surface area (Å²) in [6, 6.07) is 14.2. The van der Waals surface area contributed by atoms with Gasteiger partial charge < -0.3 is 5.11 Å². The Balaban J connectivity index is 0.000000423. The van der Waals surface area contributed by atoms with Crippen LogP contribution in [0, 0.1) is 23.8 Å². The van der Waals surface area contributed by atoms with Gasteiger partial charge in [0.1, 0.15) is 5.76 Å². The van der Waals surface area contributed by atoms with Crippen molar-refractivity contribution in [2.24, 2.45) is 10.8 Å². The maximum absolute atomic E-state index is 11.5. The van der Waals surface area contributed by atoms with Crippen LogP contribution in [0.4, 0.5) is 0 Å². The zero-order chi connectivity index (χ0) is 27.3. The number of benzene rings is 1.